The summed E-state index contributed by atoms with van der Waals surface area (Å²) >= 11 is 1.66. The first-order valence-electron chi connectivity index (χ1n) is 6.94. The van der Waals surface area contributed by atoms with Crippen LogP contribution in [0.3, 0.4) is 0 Å². The standard InChI is InChI=1S/C14H22N2OS/c1-12-13(18-11-15-12)7-8-14(17)16-9-5-3-2-4-6-10-16/h11H,2-10H2,1H3. The molecule has 1 fully saturated rings. The lowest BCUT2D eigenvalue weighted by Crippen LogP contribution is -2.33. The highest BCUT2D eigenvalue weighted by Crippen LogP contribution is 2.16. The molecule has 3 nitrogen and oxygen atoms in total. The van der Waals surface area contributed by atoms with Crippen molar-refractivity contribution in [2.75, 3.05) is 13.1 Å². The van der Waals surface area contributed by atoms with E-state index in [-0.39, 0.29) is 0 Å². The largest absolute Gasteiger partial charge is 0.343 e. The molecule has 0 atom stereocenters. The van der Waals surface area contributed by atoms with Crippen molar-refractivity contribution in [3.8, 4) is 0 Å². The van der Waals surface area contributed by atoms with Crippen molar-refractivity contribution >= 4 is 17.2 Å². The van der Waals surface area contributed by atoms with E-state index in [1.54, 1.807) is 11.3 Å². The van der Waals surface area contributed by atoms with Gasteiger partial charge in [-0.15, -0.1) is 11.3 Å². The van der Waals surface area contributed by atoms with Crippen LogP contribution in [-0.2, 0) is 11.2 Å². The number of hydrogen-bond donors (Lipinski definition) is 0. The van der Waals surface area contributed by atoms with Crippen LogP contribution >= 0.6 is 11.3 Å². The predicted octanol–water partition coefficient (Wildman–Crippen LogP) is 3.18. The number of thiazole rings is 1. The number of rotatable bonds is 3. The topological polar surface area (TPSA) is 33.2 Å². The Morgan fingerprint density at radius 3 is 2.56 bits per heavy atom. The molecule has 1 aliphatic heterocycles. The van der Waals surface area contributed by atoms with E-state index in [1.165, 1.54) is 37.0 Å². The van der Waals surface area contributed by atoms with Gasteiger partial charge in [-0.2, -0.15) is 0 Å². The Kier molecular flexibility index (Phi) is 5.17. The van der Waals surface area contributed by atoms with Gasteiger partial charge < -0.3 is 4.90 Å². The Balaban J connectivity index is 1.81. The molecule has 0 bridgehead atoms. The maximum absolute atomic E-state index is 12.2. The maximum Gasteiger partial charge on any atom is 0.222 e. The van der Waals surface area contributed by atoms with Gasteiger partial charge in [0, 0.05) is 24.4 Å². The van der Waals surface area contributed by atoms with Gasteiger partial charge in [-0.05, 0) is 26.2 Å². The van der Waals surface area contributed by atoms with E-state index >= 15 is 0 Å². The molecule has 1 aromatic heterocycles. The monoisotopic (exact) mass is 266 g/mol. The lowest BCUT2D eigenvalue weighted by atomic mass is 10.1. The van der Waals surface area contributed by atoms with Crippen molar-refractivity contribution < 1.29 is 4.79 Å². The number of nitrogens with zero attached hydrogens (tertiary/aromatic N) is 2. The van der Waals surface area contributed by atoms with Crippen LogP contribution in [0.2, 0.25) is 0 Å². The molecule has 2 heterocycles. The highest BCUT2D eigenvalue weighted by Gasteiger charge is 2.15. The molecule has 1 saturated heterocycles. The second-order valence-electron chi connectivity index (χ2n) is 5.01. The Hall–Kier alpha value is -0.900. The lowest BCUT2D eigenvalue weighted by Gasteiger charge is -2.24. The summed E-state index contributed by atoms with van der Waals surface area (Å²) in [4.78, 5) is 19.7. The van der Waals surface area contributed by atoms with E-state index in [4.69, 9.17) is 0 Å². The van der Waals surface area contributed by atoms with Gasteiger partial charge in [0.2, 0.25) is 5.91 Å². The predicted molar refractivity (Wildman–Crippen MR) is 74.8 cm³/mol. The Bertz CT molecular complexity index is 381. The lowest BCUT2D eigenvalue weighted by molar-refractivity contribution is -0.131. The summed E-state index contributed by atoms with van der Waals surface area (Å²) in [6.07, 6.45) is 7.73. The fourth-order valence-corrected chi connectivity index (χ4v) is 3.22. The zero-order chi connectivity index (χ0) is 12.8. The van der Waals surface area contributed by atoms with Crippen LogP contribution in [0.25, 0.3) is 0 Å². The molecule has 0 aliphatic carbocycles. The molecule has 1 aromatic rings. The van der Waals surface area contributed by atoms with E-state index in [1.807, 2.05) is 12.4 Å². The average molecular weight is 266 g/mol. The van der Waals surface area contributed by atoms with Crippen molar-refractivity contribution in [2.24, 2.45) is 0 Å². The number of likely N-dealkylation sites (tertiary alicyclic amines) is 1. The van der Waals surface area contributed by atoms with Gasteiger partial charge in [0.1, 0.15) is 0 Å². The zero-order valence-electron chi connectivity index (χ0n) is 11.2. The molecule has 18 heavy (non-hydrogen) atoms. The van der Waals surface area contributed by atoms with Crippen molar-refractivity contribution in [3.05, 3.63) is 16.1 Å². The van der Waals surface area contributed by atoms with Gasteiger partial charge >= 0.3 is 0 Å². The van der Waals surface area contributed by atoms with Crippen LogP contribution < -0.4 is 0 Å². The minimum absolute atomic E-state index is 0.324. The van der Waals surface area contributed by atoms with E-state index in [0.717, 1.165) is 25.2 Å². The zero-order valence-corrected chi connectivity index (χ0v) is 12.0. The molecule has 100 valence electrons. The van der Waals surface area contributed by atoms with Gasteiger partial charge in [0.05, 0.1) is 11.2 Å². The van der Waals surface area contributed by atoms with Gasteiger partial charge in [0.25, 0.3) is 0 Å². The van der Waals surface area contributed by atoms with E-state index in [9.17, 15) is 4.79 Å². The summed E-state index contributed by atoms with van der Waals surface area (Å²) < 4.78 is 0. The highest BCUT2D eigenvalue weighted by molar-refractivity contribution is 7.09. The van der Waals surface area contributed by atoms with Gasteiger partial charge in [-0.25, -0.2) is 4.98 Å². The van der Waals surface area contributed by atoms with Crippen LogP contribution in [0.4, 0.5) is 0 Å². The third-order valence-corrected chi connectivity index (χ3v) is 4.61. The van der Waals surface area contributed by atoms with Crippen molar-refractivity contribution in [3.63, 3.8) is 0 Å². The maximum atomic E-state index is 12.2. The number of aryl methyl sites for hydroxylation is 2. The second-order valence-corrected chi connectivity index (χ2v) is 5.95. The van der Waals surface area contributed by atoms with Crippen LogP contribution in [0, 0.1) is 6.92 Å². The summed E-state index contributed by atoms with van der Waals surface area (Å²) in [7, 11) is 0. The van der Waals surface area contributed by atoms with E-state index in [2.05, 4.69) is 9.88 Å². The molecular formula is C14H22N2OS. The number of amides is 1. The number of carbonyl (C=O) groups excluding carboxylic acids is 1. The SMILES string of the molecule is Cc1ncsc1CCC(=O)N1CCCCCCC1. The first kappa shape index (κ1) is 13.5. The second kappa shape index (κ2) is 6.88. The average Bonchev–Trinajstić information content (AvgIpc) is 2.71. The Labute approximate surface area is 113 Å². The third kappa shape index (κ3) is 3.80. The molecule has 0 saturated carbocycles. The Morgan fingerprint density at radius 1 is 1.28 bits per heavy atom. The van der Waals surface area contributed by atoms with Gasteiger partial charge in [-0.3, -0.25) is 4.79 Å². The summed E-state index contributed by atoms with van der Waals surface area (Å²) in [5, 5.41) is 0. The van der Waals surface area contributed by atoms with Crippen LogP contribution in [0.5, 0.6) is 0 Å². The number of hydrogen-bond acceptors (Lipinski definition) is 3. The molecule has 0 unspecified atom stereocenters. The summed E-state index contributed by atoms with van der Waals surface area (Å²) in [6.45, 7) is 3.94. The van der Waals surface area contributed by atoms with Crippen molar-refractivity contribution in [1.29, 1.82) is 0 Å². The van der Waals surface area contributed by atoms with Gasteiger partial charge in [0.15, 0.2) is 0 Å². The van der Waals surface area contributed by atoms with Crippen molar-refractivity contribution in [2.45, 2.75) is 51.9 Å². The first-order chi connectivity index (χ1) is 8.77. The molecule has 4 heteroatoms. The fourth-order valence-electron chi connectivity index (χ4n) is 2.44. The normalized spacial score (nSPS) is 17.3. The summed E-state index contributed by atoms with van der Waals surface area (Å²) in [5.41, 5.74) is 2.95. The molecule has 0 spiro atoms. The van der Waals surface area contributed by atoms with Crippen molar-refractivity contribution in [1.82, 2.24) is 9.88 Å². The summed E-state index contributed by atoms with van der Waals surface area (Å²) in [5.74, 6) is 0.324. The first-order valence-corrected chi connectivity index (χ1v) is 7.82. The molecule has 0 radical (unpaired) electrons. The Morgan fingerprint density at radius 2 is 1.94 bits per heavy atom. The van der Waals surface area contributed by atoms with E-state index in [0.29, 0.717) is 12.3 Å². The molecule has 1 amide bonds. The molecule has 2 rings (SSSR count). The van der Waals surface area contributed by atoms with Crippen LogP contribution in [0.1, 0.15) is 49.1 Å². The van der Waals surface area contributed by atoms with Gasteiger partial charge in [-0.1, -0.05) is 19.3 Å². The quantitative estimate of drug-likeness (QED) is 0.842. The molecule has 0 aromatic carbocycles. The molecular weight excluding hydrogens is 244 g/mol. The number of carbonyl (C=O) groups is 1. The third-order valence-electron chi connectivity index (χ3n) is 3.62. The van der Waals surface area contributed by atoms with Crippen LogP contribution in [0.15, 0.2) is 5.51 Å². The fraction of sp³-hybridized carbons (Fsp3) is 0.714. The summed E-state index contributed by atoms with van der Waals surface area (Å²) in [6, 6.07) is 0. The molecule has 1 aliphatic rings. The van der Waals surface area contributed by atoms with E-state index < -0.39 is 0 Å². The smallest absolute Gasteiger partial charge is 0.222 e. The highest BCUT2D eigenvalue weighted by atomic mass is 32.1. The minimum atomic E-state index is 0.324. The molecule has 0 N–H and O–H groups in total. The minimum Gasteiger partial charge on any atom is -0.343 e. The number of aromatic nitrogens is 1. The van der Waals surface area contributed by atoms with Crippen LogP contribution in [-0.4, -0.2) is 28.9 Å².